The molecule has 0 radical (unpaired) electrons. The van der Waals surface area contributed by atoms with Gasteiger partial charge in [-0.2, -0.15) is 0 Å². The third-order valence-electron chi connectivity index (χ3n) is 4.88. The van der Waals surface area contributed by atoms with Crippen LogP contribution in [0, 0.1) is 0 Å². The number of carbonyl (C=O) groups is 1. The second-order valence-corrected chi connectivity index (χ2v) is 8.63. The molecule has 0 saturated heterocycles. The van der Waals surface area contributed by atoms with Crippen LogP contribution in [0.4, 0.5) is 0 Å². The second kappa shape index (κ2) is 8.01. The zero-order valence-electron chi connectivity index (χ0n) is 15.7. The summed E-state index contributed by atoms with van der Waals surface area (Å²) < 4.78 is 27.9. The van der Waals surface area contributed by atoms with Crippen molar-refractivity contribution < 1.29 is 13.2 Å². The number of benzene rings is 2. The maximum Gasteiger partial charge on any atom is 0.265 e. The fraction of sp³-hybridized carbons (Fsp3) is 0.130. The van der Waals surface area contributed by atoms with Crippen LogP contribution in [0.15, 0.2) is 89.7 Å². The molecule has 0 saturated carbocycles. The van der Waals surface area contributed by atoms with E-state index in [1.807, 2.05) is 30.3 Å². The summed E-state index contributed by atoms with van der Waals surface area (Å²) in [6, 6.07) is 19.8. The van der Waals surface area contributed by atoms with Crippen LogP contribution in [0.25, 0.3) is 6.08 Å². The highest BCUT2D eigenvalue weighted by atomic mass is 32.2. The van der Waals surface area contributed by atoms with Crippen molar-refractivity contribution in [2.75, 3.05) is 6.54 Å². The third-order valence-corrected chi connectivity index (χ3v) is 6.75. The predicted octanol–water partition coefficient (Wildman–Crippen LogP) is 3.94. The minimum atomic E-state index is -3.81. The number of fused-ring (bicyclic) bond motifs is 1. The number of sulfonamides is 1. The van der Waals surface area contributed by atoms with E-state index < -0.39 is 10.0 Å². The maximum atomic E-state index is 13.3. The molecular weight excluding hydrogens is 384 g/mol. The fourth-order valence-corrected chi connectivity index (χ4v) is 5.14. The van der Waals surface area contributed by atoms with Crippen molar-refractivity contribution in [3.8, 4) is 0 Å². The van der Waals surface area contributed by atoms with Gasteiger partial charge in [-0.15, -0.1) is 0 Å². The van der Waals surface area contributed by atoms with Gasteiger partial charge >= 0.3 is 0 Å². The molecule has 6 heteroatoms. The van der Waals surface area contributed by atoms with Crippen molar-refractivity contribution >= 4 is 21.9 Å². The molecule has 0 amide bonds. The van der Waals surface area contributed by atoms with E-state index in [4.69, 9.17) is 0 Å². The smallest absolute Gasteiger partial charge is 0.265 e. The molecule has 29 heavy (non-hydrogen) atoms. The van der Waals surface area contributed by atoms with Crippen LogP contribution in [0.1, 0.15) is 27.9 Å². The molecular formula is C23H20N2O3S. The van der Waals surface area contributed by atoms with Gasteiger partial charge < -0.3 is 0 Å². The van der Waals surface area contributed by atoms with Crippen molar-refractivity contribution in [2.45, 2.75) is 17.7 Å². The molecule has 146 valence electrons. The molecule has 0 fully saturated rings. The molecule has 5 nitrogen and oxygen atoms in total. The molecule has 0 aliphatic carbocycles. The van der Waals surface area contributed by atoms with Crippen molar-refractivity contribution in [3.63, 3.8) is 0 Å². The zero-order chi connectivity index (χ0) is 20.3. The van der Waals surface area contributed by atoms with Gasteiger partial charge in [0, 0.05) is 24.5 Å². The summed E-state index contributed by atoms with van der Waals surface area (Å²) in [6.45, 7) is 0.230. The number of hydrogen-bond acceptors (Lipinski definition) is 4. The van der Waals surface area contributed by atoms with E-state index in [-0.39, 0.29) is 28.5 Å². The Balaban J connectivity index is 1.72. The summed E-state index contributed by atoms with van der Waals surface area (Å²) in [5, 5.41) is 0. The molecule has 3 aromatic rings. The lowest BCUT2D eigenvalue weighted by Crippen LogP contribution is -2.39. The van der Waals surface area contributed by atoms with Crippen LogP contribution in [-0.2, 0) is 16.4 Å². The van der Waals surface area contributed by atoms with Crippen LogP contribution in [-0.4, -0.2) is 30.0 Å². The highest BCUT2D eigenvalue weighted by Crippen LogP contribution is 2.33. The van der Waals surface area contributed by atoms with Gasteiger partial charge in [0.1, 0.15) is 5.70 Å². The van der Waals surface area contributed by atoms with E-state index in [1.54, 1.807) is 48.8 Å². The average molecular weight is 404 g/mol. The Morgan fingerprint density at radius 3 is 2.34 bits per heavy atom. The number of rotatable bonds is 5. The second-order valence-electron chi connectivity index (χ2n) is 6.80. The SMILES string of the molecule is O=C1C(=Cc2ccncc2)N(CCCc2ccccc2)S(=O)(=O)c2ccccc21. The van der Waals surface area contributed by atoms with Crippen molar-refractivity contribution in [2.24, 2.45) is 0 Å². The summed E-state index contributed by atoms with van der Waals surface area (Å²) in [6.07, 6.45) is 6.18. The Bertz CT molecular complexity index is 1160. The number of aryl methyl sites for hydroxylation is 1. The number of aromatic nitrogens is 1. The summed E-state index contributed by atoms with van der Waals surface area (Å²) in [5.74, 6) is -0.285. The van der Waals surface area contributed by atoms with E-state index in [1.165, 1.54) is 10.4 Å². The van der Waals surface area contributed by atoms with Crippen LogP contribution >= 0.6 is 0 Å². The summed E-state index contributed by atoms with van der Waals surface area (Å²) in [5.41, 5.74) is 2.24. The minimum absolute atomic E-state index is 0.0663. The first kappa shape index (κ1) is 19.1. The van der Waals surface area contributed by atoms with E-state index in [9.17, 15) is 13.2 Å². The minimum Gasteiger partial charge on any atom is -0.287 e. The van der Waals surface area contributed by atoms with Gasteiger partial charge in [-0.05, 0) is 54.3 Å². The molecule has 1 aliphatic rings. The highest BCUT2D eigenvalue weighted by molar-refractivity contribution is 7.89. The normalized spacial score (nSPS) is 16.6. The first-order chi connectivity index (χ1) is 14.1. The Labute approximate surface area is 170 Å². The zero-order valence-corrected chi connectivity index (χ0v) is 16.5. The topological polar surface area (TPSA) is 67.3 Å². The number of nitrogens with zero attached hydrogens (tertiary/aromatic N) is 2. The van der Waals surface area contributed by atoms with Crippen molar-refractivity contribution in [3.05, 3.63) is 102 Å². The van der Waals surface area contributed by atoms with Crippen LogP contribution < -0.4 is 0 Å². The van der Waals surface area contributed by atoms with E-state index >= 15 is 0 Å². The average Bonchev–Trinajstić information content (AvgIpc) is 2.75. The predicted molar refractivity (Wildman–Crippen MR) is 112 cm³/mol. The maximum absolute atomic E-state index is 13.3. The van der Waals surface area contributed by atoms with Gasteiger partial charge in [0.15, 0.2) is 0 Å². The molecule has 0 bridgehead atoms. The van der Waals surface area contributed by atoms with E-state index in [2.05, 4.69) is 4.98 Å². The van der Waals surface area contributed by atoms with Gasteiger partial charge in [0.2, 0.25) is 5.78 Å². The first-order valence-corrected chi connectivity index (χ1v) is 10.8. The first-order valence-electron chi connectivity index (χ1n) is 9.39. The standard InChI is InChI=1S/C23H20N2O3S/c26-23-20-10-4-5-11-22(20)29(27,28)25(16-6-9-18-7-2-1-3-8-18)21(23)17-19-12-14-24-15-13-19/h1-5,7-8,10-15,17H,6,9,16H2. The lowest BCUT2D eigenvalue weighted by molar-refractivity contribution is 0.100. The Morgan fingerprint density at radius 1 is 0.897 bits per heavy atom. The van der Waals surface area contributed by atoms with Crippen LogP contribution in [0.2, 0.25) is 0 Å². The summed E-state index contributed by atoms with van der Waals surface area (Å²) in [7, 11) is -3.81. The number of carbonyl (C=O) groups excluding carboxylic acids is 1. The Morgan fingerprint density at radius 2 is 1.59 bits per heavy atom. The molecule has 0 spiro atoms. The molecule has 4 rings (SSSR count). The summed E-state index contributed by atoms with van der Waals surface area (Å²) in [4.78, 5) is 17.2. The molecule has 0 atom stereocenters. The Hall–Kier alpha value is -3.25. The van der Waals surface area contributed by atoms with Gasteiger partial charge in [0.25, 0.3) is 10.0 Å². The van der Waals surface area contributed by atoms with E-state index in [0.29, 0.717) is 6.42 Å². The third kappa shape index (κ3) is 3.84. The molecule has 2 heterocycles. The lowest BCUT2D eigenvalue weighted by Gasteiger charge is -2.31. The van der Waals surface area contributed by atoms with Gasteiger partial charge in [-0.3, -0.25) is 14.1 Å². The fourth-order valence-electron chi connectivity index (χ4n) is 3.45. The number of Topliss-reactive ketones (excluding diaryl/α,β-unsaturated/α-hetero) is 1. The van der Waals surface area contributed by atoms with Gasteiger partial charge in [0.05, 0.1) is 4.90 Å². The number of pyridine rings is 1. The number of ketones is 1. The number of allylic oxidation sites excluding steroid dienone is 1. The van der Waals surface area contributed by atoms with Crippen LogP contribution in [0.3, 0.4) is 0 Å². The van der Waals surface area contributed by atoms with E-state index in [0.717, 1.165) is 17.5 Å². The molecule has 0 N–H and O–H groups in total. The monoisotopic (exact) mass is 404 g/mol. The number of hydrogen-bond donors (Lipinski definition) is 0. The Kier molecular flexibility index (Phi) is 5.27. The van der Waals surface area contributed by atoms with Crippen molar-refractivity contribution in [1.29, 1.82) is 0 Å². The molecule has 1 aliphatic heterocycles. The highest BCUT2D eigenvalue weighted by Gasteiger charge is 2.38. The summed E-state index contributed by atoms with van der Waals surface area (Å²) >= 11 is 0. The molecule has 1 aromatic heterocycles. The van der Waals surface area contributed by atoms with Gasteiger partial charge in [-0.1, -0.05) is 42.5 Å². The largest absolute Gasteiger partial charge is 0.287 e. The van der Waals surface area contributed by atoms with Crippen molar-refractivity contribution in [1.82, 2.24) is 9.29 Å². The van der Waals surface area contributed by atoms with Crippen LogP contribution in [0.5, 0.6) is 0 Å². The van der Waals surface area contributed by atoms with Gasteiger partial charge in [-0.25, -0.2) is 8.42 Å². The molecule has 2 aromatic carbocycles. The quantitative estimate of drug-likeness (QED) is 0.604. The lowest BCUT2D eigenvalue weighted by atomic mass is 10.1. The molecule has 0 unspecified atom stereocenters.